The third-order valence-electron chi connectivity index (χ3n) is 3.74. The molecule has 0 amide bonds. The van der Waals surface area contributed by atoms with Crippen LogP contribution in [0.2, 0.25) is 0 Å². The summed E-state index contributed by atoms with van der Waals surface area (Å²) in [5, 5.41) is 0. The highest BCUT2D eigenvalue weighted by Gasteiger charge is 2.31. The van der Waals surface area contributed by atoms with E-state index < -0.39 is 5.82 Å². The Bertz CT molecular complexity index is 449. The zero-order chi connectivity index (χ0) is 13.1. The minimum absolute atomic E-state index is 0.0936. The third kappa shape index (κ3) is 2.81. The molecule has 1 aliphatic rings. The molecule has 18 heavy (non-hydrogen) atoms. The smallest absolute Gasteiger partial charge is 0.169 e. The SMILES string of the molecule is NCC1CCCCC1C(=O)c1cc(Br)ccc1F. The average Bonchev–Trinajstić information content (AvgIpc) is 2.40. The Morgan fingerprint density at radius 3 is 2.83 bits per heavy atom. The van der Waals surface area contributed by atoms with Crippen LogP contribution in [0.3, 0.4) is 0 Å². The predicted molar refractivity (Wildman–Crippen MR) is 72.9 cm³/mol. The number of ketones is 1. The van der Waals surface area contributed by atoms with Gasteiger partial charge >= 0.3 is 0 Å². The Morgan fingerprint density at radius 1 is 1.39 bits per heavy atom. The molecule has 1 aromatic carbocycles. The third-order valence-corrected chi connectivity index (χ3v) is 4.24. The van der Waals surface area contributed by atoms with Crippen molar-refractivity contribution in [3.63, 3.8) is 0 Å². The van der Waals surface area contributed by atoms with E-state index in [0.717, 1.165) is 30.2 Å². The van der Waals surface area contributed by atoms with Crippen LogP contribution in [0.4, 0.5) is 4.39 Å². The van der Waals surface area contributed by atoms with E-state index in [1.165, 1.54) is 6.07 Å². The molecule has 2 nitrogen and oxygen atoms in total. The Balaban J connectivity index is 2.26. The van der Waals surface area contributed by atoms with Crippen LogP contribution in [-0.2, 0) is 0 Å². The van der Waals surface area contributed by atoms with E-state index in [-0.39, 0.29) is 23.2 Å². The fourth-order valence-electron chi connectivity index (χ4n) is 2.72. The maximum absolute atomic E-state index is 13.7. The van der Waals surface area contributed by atoms with Gasteiger partial charge < -0.3 is 5.73 Å². The average molecular weight is 314 g/mol. The molecule has 0 heterocycles. The number of carbonyl (C=O) groups excluding carboxylic acids is 1. The van der Waals surface area contributed by atoms with Crippen molar-refractivity contribution in [3.05, 3.63) is 34.1 Å². The molecular weight excluding hydrogens is 297 g/mol. The van der Waals surface area contributed by atoms with Crippen LogP contribution in [-0.4, -0.2) is 12.3 Å². The van der Waals surface area contributed by atoms with Gasteiger partial charge in [0.15, 0.2) is 5.78 Å². The van der Waals surface area contributed by atoms with Crippen molar-refractivity contribution in [1.29, 1.82) is 0 Å². The second kappa shape index (κ2) is 5.93. The summed E-state index contributed by atoms with van der Waals surface area (Å²) in [5.74, 6) is -0.453. The summed E-state index contributed by atoms with van der Waals surface area (Å²) in [7, 11) is 0. The van der Waals surface area contributed by atoms with Gasteiger partial charge in [0.2, 0.25) is 0 Å². The quantitative estimate of drug-likeness (QED) is 0.867. The van der Waals surface area contributed by atoms with Crippen LogP contribution in [0.15, 0.2) is 22.7 Å². The van der Waals surface area contributed by atoms with E-state index >= 15 is 0 Å². The van der Waals surface area contributed by atoms with E-state index in [2.05, 4.69) is 15.9 Å². The highest BCUT2D eigenvalue weighted by atomic mass is 79.9. The van der Waals surface area contributed by atoms with Gasteiger partial charge in [-0.1, -0.05) is 28.8 Å². The number of hydrogen-bond donors (Lipinski definition) is 1. The monoisotopic (exact) mass is 313 g/mol. The molecule has 4 heteroatoms. The van der Waals surface area contributed by atoms with Crippen LogP contribution >= 0.6 is 15.9 Å². The number of benzene rings is 1. The lowest BCUT2D eigenvalue weighted by molar-refractivity contribution is 0.0825. The first kappa shape index (κ1) is 13.7. The molecule has 1 saturated carbocycles. The summed E-state index contributed by atoms with van der Waals surface area (Å²) in [5.41, 5.74) is 5.91. The molecule has 0 aromatic heterocycles. The van der Waals surface area contributed by atoms with Crippen molar-refractivity contribution >= 4 is 21.7 Å². The normalized spacial score (nSPS) is 23.9. The van der Waals surface area contributed by atoms with Crippen LogP contribution < -0.4 is 5.73 Å². The molecule has 2 N–H and O–H groups in total. The zero-order valence-corrected chi connectivity index (χ0v) is 11.7. The number of Topliss-reactive ketones (excluding diaryl/α,β-unsaturated/α-hetero) is 1. The molecule has 0 radical (unpaired) electrons. The number of hydrogen-bond acceptors (Lipinski definition) is 2. The topological polar surface area (TPSA) is 43.1 Å². The summed E-state index contributed by atoms with van der Waals surface area (Å²) in [6.45, 7) is 0.506. The number of rotatable bonds is 3. The van der Waals surface area contributed by atoms with E-state index in [1.54, 1.807) is 12.1 Å². The van der Waals surface area contributed by atoms with Gasteiger partial charge in [0.1, 0.15) is 5.82 Å². The zero-order valence-electron chi connectivity index (χ0n) is 10.2. The maximum atomic E-state index is 13.7. The van der Waals surface area contributed by atoms with Gasteiger partial charge in [-0.2, -0.15) is 0 Å². The predicted octanol–water partition coefficient (Wildman–Crippen LogP) is 3.54. The summed E-state index contributed by atoms with van der Waals surface area (Å²) >= 11 is 3.28. The molecule has 0 saturated heterocycles. The van der Waals surface area contributed by atoms with Crippen LogP contribution in [0, 0.1) is 17.7 Å². The summed E-state index contributed by atoms with van der Waals surface area (Å²) in [4.78, 5) is 12.4. The Kier molecular flexibility index (Phi) is 4.51. The Labute approximate surface area is 115 Å². The fourth-order valence-corrected chi connectivity index (χ4v) is 3.08. The van der Waals surface area contributed by atoms with Gasteiger partial charge in [0, 0.05) is 10.4 Å². The molecule has 1 fully saturated rings. The number of carbonyl (C=O) groups is 1. The van der Waals surface area contributed by atoms with Gasteiger partial charge in [0.25, 0.3) is 0 Å². The van der Waals surface area contributed by atoms with Crippen molar-refractivity contribution in [2.75, 3.05) is 6.54 Å². The molecule has 1 aromatic rings. The largest absolute Gasteiger partial charge is 0.330 e. The maximum Gasteiger partial charge on any atom is 0.169 e. The first-order valence-electron chi connectivity index (χ1n) is 6.33. The van der Waals surface area contributed by atoms with Gasteiger partial charge in [0.05, 0.1) is 5.56 Å². The summed E-state index contributed by atoms with van der Waals surface area (Å²) in [6.07, 6.45) is 3.95. The van der Waals surface area contributed by atoms with Gasteiger partial charge in [-0.05, 0) is 43.5 Å². The summed E-state index contributed by atoms with van der Waals surface area (Å²) < 4.78 is 14.5. The van der Waals surface area contributed by atoms with Crippen molar-refractivity contribution in [2.24, 2.45) is 17.6 Å². The minimum Gasteiger partial charge on any atom is -0.330 e. The lowest BCUT2D eigenvalue weighted by atomic mass is 9.75. The van der Waals surface area contributed by atoms with Crippen molar-refractivity contribution < 1.29 is 9.18 Å². The standard InChI is InChI=1S/C14H17BrFNO/c15-10-5-6-13(16)12(7-10)14(18)11-4-2-1-3-9(11)8-17/h5-7,9,11H,1-4,8,17H2. The highest BCUT2D eigenvalue weighted by molar-refractivity contribution is 9.10. The Morgan fingerprint density at radius 2 is 2.11 bits per heavy atom. The molecule has 2 unspecified atom stereocenters. The van der Waals surface area contributed by atoms with Crippen LogP contribution in [0.1, 0.15) is 36.0 Å². The first-order valence-corrected chi connectivity index (χ1v) is 7.12. The number of nitrogens with two attached hydrogens (primary N) is 1. The summed E-state index contributed by atoms with van der Waals surface area (Å²) in [6, 6.07) is 4.50. The van der Waals surface area contributed by atoms with E-state index in [4.69, 9.17) is 5.73 Å². The lowest BCUT2D eigenvalue weighted by Crippen LogP contribution is -2.32. The highest BCUT2D eigenvalue weighted by Crippen LogP contribution is 2.33. The molecule has 0 spiro atoms. The van der Waals surface area contributed by atoms with Crippen molar-refractivity contribution in [2.45, 2.75) is 25.7 Å². The van der Waals surface area contributed by atoms with Gasteiger partial charge in [-0.3, -0.25) is 4.79 Å². The molecule has 2 rings (SSSR count). The van der Waals surface area contributed by atoms with Crippen molar-refractivity contribution in [3.8, 4) is 0 Å². The van der Waals surface area contributed by atoms with Crippen molar-refractivity contribution in [1.82, 2.24) is 0 Å². The van der Waals surface area contributed by atoms with E-state index in [9.17, 15) is 9.18 Å². The number of halogens is 2. The second-order valence-corrected chi connectivity index (χ2v) is 5.79. The van der Waals surface area contributed by atoms with Gasteiger partial charge in [-0.25, -0.2) is 4.39 Å². The molecule has 2 atom stereocenters. The fraction of sp³-hybridized carbons (Fsp3) is 0.500. The second-order valence-electron chi connectivity index (χ2n) is 4.88. The molecule has 98 valence electrons. The van der Waals surface area contributed by atoms with Gasteiger partial charge in [-0.15, -0.1) is 0 Å². The van der Waals surface area contributed by atoms with Crippen LogP contribution in [0.5, 0.6) is 0 Å². The molecule has 1 aliphatic carbocycles. The molecule has 0 bridgehead atoms. The molecule has 0 aliphatic heterocycles. The van der Waals surface area contributed by atoms with Crippen LogP contribution in [0.25, 0.3) is 0 Å². The van der Waals surface area contributed by atoms with E-state index in [0.29, 0.717) is 6.54 Å². The minimum atomic E-state index is -0.440. The molecular formula is C14H17BrFNO. The first-order chi connectivity index (χ1) is 8.63. The van der Waals surface area contributed by atoms with E-state index in [1.807, 2.05) is 0 Å². The lowest BCUT2D eigenvalue weighted by Gasteiger charge is -2.29. The Hall–Kier alpha value is -0.740.